The largest absolute Gasteiger partial charge is 0.121 e. The van der Waals surface area contributed by atoms with Crippen LogP contribution in [0.3, 0.4) is 0 Å². The number of benzene rings is 1. The van der Waals surface area contributed by atoms with E-state index in [4.69, 9.17) is 23.2 Å². The number of rotatable bonds is 1. The molecule has 0 aliphatic carbocycles. The van der Waals surface area contributed by atoms with Crippen LogP contribution in [0.1, 0.15) is 5.56 Å². The SMILES string of the molecule is ClCc1c(Br)ccc(Br)c1Cl. The average Bonchev–Trinajstić information content (AvgIpc) is 1.99. The summed E-state index contributed by atoms with van der Waals surface area (Å²) in [5, 5.41) is 0.675. The maximum absolute atomic E-state index is 5.94. The second-order valence-corrected chi connectivity index (χ2v) is 4.31. The van der Waals surface area contributed by atoms with Gasteiger partial charge in [-0.15, -0.1) is 11.6 Å². The van der Waals surface area contributed by atoms with E-state index in [1.54, 1.807) is 0 Å². The van der Waals surface area contributed by atoms with Crippen LogP contribution in [-0.4, -0.2) is 0 Å². The molecule has 0 atom stereocenters. The fourth-order valence-electron chi connectivity index (χ4n) is 0.692. The summed E-state index contributed by atoms with van der Waals surface area (Å²) in [4.78, 5) is 0. The minimum Gasteiger partial charge on any atom is -0.121 e. The molecule has 0 amide bonds. The van der Waals surface area contributed by atoms with E-state index >= 15 is 0 Å². The molecule has 0 radical (unpaired) electrons. The first-order valence-corrected chi connectivity index (χ1v) is 5.35. The Bertz CT molecular complexity index is 273. The Morgan fingerprint density at radius 2 is 1.73 bits per heavy atom. The van der Waals surface area contributed by atoms with E-state index in [0.717, 1.165) is 14.5 Å². The van der Waals surface area contributed by atoms with Crippen molar-refractivity contribution in [1.29, 1.82) is 0 Å². The second-order valence-electron chi connectivity index (χ2n) is 1.96. The van der Waals surface area contributed by atoms with Gasteiger partial charge in [0.05, 0.1) is 5.02 Å². The van der Waals surface area contributed by atoms with Gasteiger partial charge in [-0.3, -0.25) is 0 Å². The number of hydrogen-bond acceptors (Lipinski definition) is 0. The first-order valence-electron chi connectivity index (χ1n) is 2.85. The molecule has 0 saturated carbocycles. The molecule has 0 fully saturated rings. The van der Waals surface area contributed by atoms with Crippen LogP contribution in [0.25, 0.3) is 0 Å². The molecule has 0 saturated heterocycles. The summed E-state index contributed by atoms with van der Waals surface area (Å²) < 4.78 is 1.82. The number of hydrogen-bond donors (Lipinski definition) is 0. The molecular weight excluding hydrogens is 315 g/mol. The molecule has 0 nitrogen and oxygen atoms in total. The summed E-state index contributed by atoms with van der Waals surface area (Å²) in [6, 6.07) is 3.79. The van der Waals surface area contributed by atoms with Crippen molar-refractivity contribution in [2.75, 3.05) is 0 Å². The average molecular weight is 319 g/mol. The Balaban J connectivity index is 3.29. The first kappa shape index (κ1) is 9.85. The Morgan fingerprint density at radius 1 is 1.18 bits per heavy atom. The lowest BCUT2D eigenvalue weighted by molar-refractivity contribution is 1.36. The van der Waals surface area contributed by atoms with Gasteiger partial charge in [0.1, 0.15) is 0 Å². The first-order chi connectivity index (χ1) is 5.16. The Hall–Kier alpha value is 0.760. The summed E-state index contributed by atoms with van der Waals surface area (Å²) in [6.45, 7) is 0. The van der Waals surface area contributed by atoms with Gasteiger partial charge in [-0.05, 0) is 28.1 Å². The van der Waals surface area contributed by atoms with Gasteiger partial charge in [0.25, 0.3) is 0 Å². The molecule has 0 bridgehead atoms. The lowest BCUT2D eigenvalue weighted by Crippen LogP contribution is -1.83. The molecule has 0 N–H and O–H groups in total. The highest BCUT2D eigenvalue weighted by Gasteiger charge is 2.06. The zero-order valence-electron chi connectivity index (χ0n) is 5.37. The van der Waals surface area contributed by atoms with Crippen molar-refractivity contribution in [2.45, 2.75) is 5.88 Å². The van der Waals surface area contributed by atoms with Crippen molar-refractivity contribution in [3.63, 3.8) is 0 Å². The molecule has 1 rings (SSSR count). The lowest BCUT2D eigenvalue weighted by Gasteiger charge is -2.04. The third-order valence-electron chi connectivity index (χ3n) is 1.27. The quantitative estimate of drug-likeness (QED) is 0.524. The molecular formula is C7H4Br2Cl2. The highest BCUT2D eigenvalue weighted by molar-refractivity contribution is 9.11. The zero-order chi connectivity index (χ0) is 8.43. The third-order valence-corrected chi connectivity index (χ3v) is 3.60. The summed E-state index contributed by atoms with van der Waals surface area (Å²) in [7, 11) is 0. The predicted molar refractivity (Wildman–Crippen MR) is 56.4 cm³/mol. The van der Waals surface area contributed by atoms with Crippen molar-refractivity contribution in [2.24, 2.45) is 0 Å². The van der Waals surface area contributed by atoms with Crippen LogP contribution in [0, 0.1) is 0 Å². The Kier molecular flexibility index (Phi) is 3.69. The van der Waals surface area contributed by atoms with Crippen molar-refractivity contribution < 1.29 is 0 Å². The smallest absolute Gasteiger partial charge is 0.0603 e. The molecule has 1 aromatic carbocycles. The standard InChI is InChI=1S/C7H4Br2Cl2/c8-5-1-2-6(9)7(11)4(5)3-10/h1-2H,3H2. The summed E-state index contributed by atoms with van der Waals surface area (Å²) in [6.07, 6.45) is 0. The monoisotopic (exact) mass is 316 g/mol. The number of halogens is 4. The molecule has 0 aromatic heterocycles. The van der Waals surface area contributed by atoms with E-state index in [0.29, 0.717) is 10.9 Å². The van der Waals surface area contributed by atoms with E-state index in [1.165, 1.54) is 0 Å². The second kappa shape index (κ2) is 4.13. The van der Waals surface area contributed by atoms with Crippen LogP contribution in [0.4, 0.5) is 0 Å². The van der Waals surface area contributed by atoms with Crippen LogP contribution in [0.2, 0.25) is 5.02 Å². The molecule has 60 valence electrons. The molecule has 0 aliphatic heterocycles. The van der Waals surface area contributed by atoms with E-state index in [-0.39, 0.29) is 0 Å². The topological polar surface area (TPSA) is 0 Å². The van der Waals surface area contributed by atoms with Crippen LogP contribution >= 0.6 is 55.1 Å². The van der Waals surface area contributed by atoms with Gasteiger partial charge in [0, 0.05) is 20.4 Å². The summed E-state index contributed by atoms with van der Waals surface area (Å²) in [5.74, 6) is 0.416. The van der Waals surface area contributed by atoms with Gasteiger partial charge < -0.3 is 0 Å². The Morgan fingerprint density at radius 3 is 2.18 bits per heavy atom. The van der Waals surface area contributed by atoms with Crippen molar-refractivity contribution in [3.8, 4) is 0 Å². The van der Waals surface area contributed by atoms with Gasteiger partial charge in [0.15, 0.2) is 0 Å². The number of alkyl halides is 1. The summed E-state index contributed by atoms with van der Waals surface area (Å²) >= 11 is 18.3. The predicted octanol–water partition coefficient (Wildman–Crippen LogP) is 4.60. The molecule has 0 heterocycles. The van der Waals surface area contributed by atoms with Crippen molar-refractivity contribution in [3.05, 3.63) is 31.7 Å². The van der Waals surface area contributed by atoms with Crippen molar-refractivity contribution >= 4 is 55.1 Å². The molecule has 4 heteroatoms. The molecule has 1 aromatic rings. The van der Waals surface area contributed by atoms with E-state index in [9.17, 15) is 0 Å². The van der Waals surface area contributed by atoms with E-state index < -0.39 is 0 Å². The van der Waals surface area contributed by atoms with Crippen LogP contribution in [0.15, 0.2) is 21.1 Å². The van der Waals surface area contributed by atoms with E-state index in [2.05, 4.69) is 31.9 Å². The maximum atomic E-state index is 5.94. The van der Waals surface area contributed by atoms with Gasteiger partial charge in [-0.2, -0.15) is 0 Å². The van der Waals surface area contributed by atoms with Crippen LogP contribution in [0.5, 0.6) is 0 Å². The third kappa shape index (κ3) is 2.11. The minimum absolute atomic E-state index is 0.416. The lowest BCUT2D eigenvalue weighted by atomic mass is 10.2. The fourth-order valence-corrected chi connectivity index (χ4v) is 2.39. The minimum atomic E-state index is 0.416. The molecule has 11 heavy (non-hydrogen) atoms. The Labute approximate surface area is 92.1 Å². The molecule has 0 unspecified atom stereocenters. The van der Waals surface area contributed by atoms with Gasteiger partial charge in [0.2, 0.25) is 0 Å². The zero-order valence-corrected chi connectivity index (χ0v) is 10.1. The highest BCUT2D eigenvalue weighted by Crippen LogP contribution is 2.32. The molecule has 0 aliphatic rings. The fraction of sp³-hybridized carbons (Fsp3) is 0.143. The van der Waals surface area contributed by atoms with Gasteiger partial charge in [-0.1, -0.05) is 27.5 Å². The van der Waals surface area contributed by atoms with Crippen LogP contribution in [-0.2, 0) is 5.88 Å². The normalized spacial score (nSPS) is 10.2. The highest BCUT2D eigenvalue weighted by atomic mass is 79.9. The van der Waals surface area contributed by atoms with Gasteiger partial charge in [-0.25, -0.2) is 0 Å². The maximum Gasteiger partial charge on any atom is 0.0603 e. The van der Waals surface area contributed by atoms with Crippen LogP contribution < -0.4 is 0 Å². The summed E-state index contributed by atoms with van der Waals surface area (Å²) in [5.41, 5.74) is 0.919. The van der Waals surface area contributed by atoms with Gasteiger partial charge >= 0.3 is 0 Å². The van der Waals surface area contributed by atoms with E-state index in [1.807, 2.05) is 12.1 Å². The molecule has 0 spiro atoms. The van der Waals surface area contributed by atoms with Crippen molar-refractivity contribution in [1.82, 2.24) is 0 Å².